The van der Waals surface area contributed by atoms with Crippen LogP contribution in [-0.4, -0.2) is 24.1 Å². The van der Waals surface area contributed by atoms with Crippen LogP contribution in [0.2, 0.25) is 0 Å². The minimum absolute atomic E-state index is 0.0460. The van der Waals surface area contributed by atoms with E-state index in [4.69, 9.17) is 9.84 Å². The first kappa shape index (κ1) is 14.4. The number of ether oxygens (including phenoxy) is 1. The molecule has 1 unspecified atom stereocenters. The van der Waals surface area contributed by atoms with E-state index < -0.39 is 24.9 Å². The van der Waals surface area contributed by atoms with Crippen LogP contribution < -0.4 is 4.74 Å². The molecule has 0 spiro atoms. The molecule has 0 radical (unpaired) electrons. The van der Waals surface area contributed by atoms with Crippen LogP contribution in [0.3, 0.4) is 0 Å². The van der Waals surface area contributed by atoms with Crippen molar-refractivity contribution in [1.29, 1.82) is 0 Å². The van der Waals surface area contributed by atoms with Crippen molar-refractivity contribution in [3.63, 3.8) is 0 Å². The minimum Gasteiger partial charge on any atom is -0.488 e. The number of alkyl halides is 2. The van der Waals surface area contributed by atoms with Crippen LogP contribution in [0.25, 0.3) is 0 Å². The highest BCUT2D eigenvalue weighted by Crippen LogP contribution is 2.26. The van der Waals surface area contributed by atoms with Crippen molar-refractivity contribution in [3.05, 3.63) is 29.8 Å². The van der Waals surface area contributed by atoms with Crippen molar-refractivity contribution in [2.24, 2.45) is 5.92 Å². The van der Waals surface area contributed by atoms with Gasteiger partial charge in [-0.3, -0.25) is 4.79 Å². The second-order valence-electron chi connectivity index (χ2n) is 4.33. The third-order valence-corrected chi connectivity index (χ3v) is 2.55. The Morgan fingerprint density at radius 1 is 1.28 bits per heavy atom. The van der Waals surface area contributed by atoms with Crippen LogP contribution in [0.4, 0.5) is 8.78 Å². The Kier molecular flexibility index (Phi) is 5.07. The molecule has 100 valence electrons. The summed E-state index contributed by atoms with van der Waals surface area (Å²) in [5, 5.41) is 9.11. The molecule has 1 aromatic carbocycles. The molecule has 18 heavy (non-hydrogen) atoms. The van der Waals surface area contributed by atoms with Crippen molar-refractivity contribution < 1.29 is 23.4 Å². The van der Waals surface area contributed by atoms with Gasteiger partial charge in [-0.05, 0) is 23.6 Å². The summed E-state index contributed by atoms with van der Waals surface area (Å²) in [5.41, 5.74) is 0.641. The van der Waals surface area contributed by atoms with Crippen LogP contribution in [0, 0.1) is 5.92 Å². The fourth-order valence-corrected chi connectivity index (χ4v) is 1.74. The molecule has 1 aromatic rings. The van der Waals surface area contributed by atoms with Crippen molar-refractivity contribution in [2.45, 2.75) is 26.2 Å². The zero-order valence-corrected chi connectivity index (χ0v) is 10.3. The number of benzene rings is 1. The number of carbonyl (C=O) groups is 1. The smallest absolute Gasteiger partial charge is 0.311 e. The topological polar surface area (TPSA) is 46.5 Å². The second-order valence-corrected chi connectivity index (χ2v) is 4.33. The lowest BCUT2D eigenvalue weighted by molar-refractivity contribution is -0.139. The summed E-state index contributed by atoms with van der Waals surface area (Å²) in [6, 6.07) is 6.21. The molecular weight excluding hydrogens is 242 g/mol. The van der Waals surface area contributed by atoms with Crippen LogP contribution >= 0.6 is 0 Å². The first-order chi connectivity index (χ1) is 8.41. The van der Waals surface area contributed by atoms with Gasteiger partial charge in [-0.1, -0.05) is 26.0 Å². The van der Waals surface area contributed by atoms with E-state index in [0.29, 0.717) is 11.3 Å². The Morgan fingerprint density at radius 3 is 2.22 bits per heavy atom. The lowest BCUT2D eigenvalue weighted by Crippen LogP contribution is -2.17. The number of carboxylic acids is 1. The molecule has 0 saturated heterocycles. The molecule has 0 fully saturated rings. The fourth-order valence-electron chi connectivity index (χ4n) is 1.74. The number of hydrogen-bond donors (Lipinski definition) is 1. The maximum absolute atomic E-state index is 11.9. The van der Waals surface area contributed by atoms with Crippen molar-refractivity contribution in [3.8, 4) is 5.75 Å². The first-order valence-corrected chi connectivity index (χ1v) is 5.65. The van der Waals surface area contributed by atoms with E-state index in [1.54, 1.807) is 12.1 Å². The highest BCUT2D eigenvalue weighted by molar-refractivity contribution is 5.76. The molecule has 0 saturated carbocycles. The summed E-state index contributed by atoms with van der Waals surface area (Å²) in [4.78, 5) is 11.1. The Bertz CT molecular complexity index is 388. The summed E-state index contributed by atoms with van der Waals surface area (Å²) >= 11 is 0. The molecule has 0 heterocycles. The fraction of sp³-hybridized carbons (Fsp3) is 0.462. The summed E-state index contributed by atoms with van der Waals surface area (Å²) < 4.78 is 28.7. The van der Waals surface area contributed by atoms with Gasteiger partial charge in [0.05, 0.1) is 5.92 Å². The van der Waals surface area contributed by atoms with Gasteiger partial charge in [-0.15, -0.1) is 0 Å². The SMILES string of the molecule is CC(C)C(C(=O)O)c1ccc(OCC(F)F)cc1. The van der Waals surface area contributed by atoms with Gasteiger partial charge in [-0.2, -0.15) is 0 Å². The van der Waals surface area contributed by atoms with Crippen LogP contribution in [0.15, 0.2) is 24.3 Å². The highest BCUT2D eigenvalue weighted by Gasteiger charge is 2.23. The van der Waals surface area contributed by atoms with Crippen LogP contribution in [0.5, 0.6) is 5.75 Å². The molecular formula is C13H16F2O3. The summed E-state index contributed by atoms with van der Waals surface area (Å²) in [6.07, 6.45) is -2.52. The van der Waals surface area contributed by atoms with E-state index in [0.717, 1.165) is 0 Å². The molecule has 0 aromatic heterocycles. The van der Waals surface area contributed by atoms with E-state index in [1.807, 2.05) is 13.8 Å². The predicted molar refractivity (Wildman–Crippen MR) is 63.2 cm³/mol. The monoisotopic (exact) mass is 258 g/mol. The Labute approximate surface area is 104 Å². The number of aliphatic carboxylic acids is 1. The van der Waals surface area contributed by atoms with E-state index in [2.05, 4.69) is 0 Å². The largest absolute Gasteiger partial charge is 0.488 e. The molecule has 0 aliphatic rings. The third kappa shape index (κ3) is 3.98. The van der Waals surface area contributed by atoms with Gasteiger partial charge < -0.3 is 9.84 Å². The second kappa shape index (κ2) is 6.33. The van der Waals surface area contributed by atoms with Gasteiger partial charge in [0.15, 0.2) is 0 Å². The average Bonchev–Trinajstić information content (AvgIpc) is 2.27. The molecule has 5 heteroatoms. The summed E-state index contributed by atoms with van der Waals surface area (Å²) in [7, 11) is 0. The van der Waals surface area contributed by atoms with Gasteiger partial charge in [0.2, 0.25) is 0 Å². The zero-order valence-electron chi connectivity index (χ0n) is 10.3. The van der Waals surface area contributed by atoms with Crippen LogP contribution in [-0.2, 0) is 4.79 Å². The number of carboxylic acid groups (broad SMARTS) is 1. The van der Waals surface area contributed by atoms with Gasteiger partial charge in [0, 0.05) is 0 Å². The normalized spacial score (nSPS) is 12.8. The Morgan fingerprint density at radius 2 is 1.83 bits per heavy atom. The van der Waals surface area contributed by atoms with E-state index in [-0.39, 0.29) is 5.92 Å². The standard InChI is InChI=1S/C13H16F2O3/c1-8(2)12(13(16)17)9-3-5-10(6-4-9)18-7-11(14)15/h3-6,8,11-12H,7H2,1-2H3,(H,16,17). The predicted octanol–water partition coefficient (Wildman–Crippen LogP) is 3.15. The zero-order chi connectivity index (χ0) is 13.7. The summed E-state index contributed by atoms with van der Waals surface area (Å²) in [6.45, 7) is 2.98. The minimum atomic E-state index is -2.52. The third-order valence-electron chi connectivity index (χ3n) is 2.55. The lowest BCUT2D eigenvalue weighted by atomic mass is 9.88. The maximum Gasteiger partial charge on any atom is 0.311 e. The van der Waals surface area contributed by atoms with E-state index in [1.165, 1.54) is 12.1 Å². The average molecular weight is 258 g/mol. The van der Waals surface area contributed by atoms with Crippen molar-refractivity contribution in [2.75, 3.05) is 6.61 Å². The Balaban J connectivity index is 2.77. The van der Waals surface area contributed by atoms with Gasteiger partial charge in [-0.25, -0.2) is 8.78 Å². The first-order valence-electron chi connectivity index (χ1n) is 5.65. The number of rotatable bonds is 6. The molecule has 0 amide bonds. The molecule has 0 bridgehead atoms. The highest BCUT2D eigenvalue weighted by atomic mass is 19.3. The van der Waals surface area contributed by atoms with E-state index >= 15 is 0 Å². The number of halogens is 2. The summed E-state index contributed by atoms with van der Waals surface area (Å²) in [5.74, 6) is -1.23. The quantitative estimate of drug-likeness (QED) is 0.852. The lowest BCUT2D eigenvalue weighted by Gasteiger charge is -2.17. The Hall–Kier alpha value is -1.65. The molecule has 1 N–H and O–H groups in total. The van der Waals surface area contributed by atoms with Crippen LogP contribution in [0.1, 0.15) is 25.3 Å². The van der Waals surface area contributed by atoms with Gasteiger partial charge in [0.25, 0.3) is 6.43 Å². The van der Waals surface area contributed by atoms with E-state index in [9.17, 15) is 13.6 Å². The van der Waals surface area contributed by atoms with Gasteiger partial charge in [0.1, 0.15) is 12.4 Å². The van der Waals surface area contributed by atoms with Crippen molar-refractivity contribution >= 4 is 5.97 Å². The molecule has 3 nitrogen and oxygen atoms in total. The molecule has 0 aliphatic heterocycles. The number of hydrogen-bond acceptors (Lipinski definition) is 2. The maximum atomic E-state index is 11.9. The van der Waals surface area contributed by atoms with Crippen molar-refractivity contribution in [1.82, 2.24) is 0 Å². The molecule has 1 rings (SSSR count). The molecule has 0 aliphatic carbocycles. The van der Waals surface area contributed by atoms with Gasteiger partial charge >= 0.3 is 5.97 Å². The molecule has 1 atom stereocenters.